The standard InChI is InChI=1S/C23H29N5O4/c1-7-12-32-17-10-8-16(9-11-17)13-28(23(2,3)4)18(29)14-27-21(30)19-20(24-15-25(19)5)26(6)22(27)31/h7-11,15H,1,12-14H2,2-6H3. The highest BCUT2D eigenvalue weighted by Gasteiger charge is 2.28. The quantitative estimate of drug-likeness (QED) is 0.524. The molecule has 0 aliphatic heterocycles. The Balaban J connectivity index is 1.91. The molecule has 9 nitrogen and oxygen atoms in total. The molecule has 0 spiro atoms. The first-order chi connectivity index (χ1) is 15.0. The molecular weight excluding hydrogens is 410 g/mol. The Kier molecular flexibility index (Phi) is 6.38. The number of rotatable bonds is 7. The molecular formula is C23H29N5O4. The van der Waals surface area contributed by atoms with Gasteiger partial charge in [0.1, 0.15) is 18.9 Å². The van der Waals surface area contributed by atoms with Crippen LogP contribution in [0.3, 0.4) is 0 Å². The fourth-order valence-corrected chi connectivity index (χ4v) is 3.48. The molecule has 0 bridgehead atoms. The molecule has 0 saturated heterocycles. The van der Waals surface area contributed by atoms with E-state index in [2.05, 4.69) is 11.6 Å². The normalized spacial score (nSPS) is 11.5. The molecule has 2 aromatic heterocycles. The summed E-state index contributed by atoms with van der Waals surface area (Å²) in [5.74, 6) is 0.381. The third-order valence-electron chi connectivity index (χ3n) is 5.24. The number of carbonyl (C=O) groups is 1. The summed E-state index contributed by atoms with van der Waals surface area (Å²) in [6, 6.07) is 7.44. The van der Waals surface area contributed by atoms with Crippen LogP contribution in [-0.2, 0) is 32.0 Å². The summed E-state index contributed by atoms with van der Waals surface area (Å²) in [5, 5.41) is 0. The van der Waals surface area contributed by atoms with Crippen LogP contribution in [-0.4, -0.2) is 41.6 Å². The smallest absolute Gasteiger partial charge is 0.332 e. The van der Waals surface area contributed by atoms with Crippen molar-refractivity contribution in [2.24, 2.45) is 14.1 Å². The first-order valence-electron chi connectivity index (χ1n) is 10.3. The molecule has 3 aromatic rings. The Morgan fingerprint density at radius 3 is 2.44 bits per heavy atom. The first kappa shape index (κ1) is 23.1. The molecule has 0 atom stereocenters. The molecule has 3 rings (SSSR count). The van der Waals surface area contributed by atoms with Crippen molar-refractivity contribution < 1.29 is 9.53 Å². The second kappa shape index (κ2) is 8.86. The van der Waals surface area contributed by atoms with Gasteiger partial charge in [-0.15, -0.1) is 0 Å². The topological polar surface area (TPSA) is 91.4 Å². The number of aromatic nitrogens is 4. The number of nitrogens with zero attached hydrogens (tertiary/aromatic N) is 5. The number of imidazole rings is 1. The fourth-order valence-electron chi connectivity index (χ4n) is 3.48. The number of hydrogen-bond acceptors (Lipinski definition) is 5. The van der Waals surface area contributed by atoms with Gasteiger partial charge in [0, 0.05) is 26.2 Å². The van der Waals surface area contributed by atoms with Crippen molar-refractivity contribution in [2.45, 2.75) is 39.4 Å². The summed E-state index contributed by atoms with van der Waals surface area (Å²) in [5.41, 5.74) is -0.168. The Morgan fingerprint density at radius 1 is 1.19 bits per heavy atom. The number of benzene rings is 1. The summed E-state index contributed by atoms with van der Waals surface area (Å²) < 4.78 is 9.31. The van der Waals surface area contributed by atoms with Gasteiger partial charge in [-0.1, -0.05) is 24.8 Å². The number of carbonyl (C=O) groups excluding carboxylic acids is 1. The summed E-state index contributed by atoms with van der Waals surface area (Å²) in [7, 11) is 3.22. The van der Waals surface area contributed by atoms with E-state index in [1.54, 1.807) is 22.6 Å². The van der Waals surface area contributed by atoms with Gasteiger partial charge in [-0.25, -0.2) is 14.3 Å². The average molecular weight is 440 g/mol. The summed E-state index contributed by atoms with van der Waals surface area (Å²) in [4.78, 5) is 44.8. The summed E-state index contributed by atoms with van der Waals surface area (Å²) >= 11 is 0. The van der Waals surface area contributed by atoms with E-state index in [1.165, 1.54) is 17.9 Å². The maximum absolute atomic E-state index is 13.3. The van der Waals surface area contributed by atoms with Crippen molar-refractivity contribution in [3.63, 3.8) is 0 Å². The van der Waals surface area contributed by atoms with Gasteiger partial charge in [0.15, 0.2) is 11.2 Å². The molecule has 170 valence electrons. The molecule has 0 fully saturated rings. The van der Waals surface area contributed by atoms with Crippen molar-refractivity contribution >= 4 is 17.1 Å². The van der Waals surface area contributed by atoms with Gasteiger partial charge >= 0.3 is 5.69 Å². The maximum Gasteiger partial charge on any atom is 0.332 e. The van der Waals surface area contributed by atoms with Crippen LogP contribution in [0.2, 0.25) is 0 Å². The predicted molar refractivity (Wildman–Crippen MR) is 123 cm³/mol. The number of fused-ring (bicyclic) bond motifs is 1. The first-order valence-corrected chi connectivity index (χ1v) is 10.3. The van der Waals surface area contributed by atoms with Crippen LogP contribution < -0.4 is 16.0 Å². The molecule has 1 amide bonds. The van der Waals surface area contributed by atoms with E-state index < -0.39 is 16.8 Å². The van der Waals surface area contributed by atoms with E-state index in [1.807, 2.05) is 45.0 Å². The van der Waals surface area contributed by atoms with Crippen molar-refractivity contribution in [3.8, 4) is 5.75 Å². The number of hydrogen-bond donors (Lipinski definition) is 0. The van der Waals surface area contributed by atoms with Gasteiger partial charge in [0.2, 0.25) is 5.91 Å². The van der Waals surface area contributed by atoms with Crippen LogP contribution in [0.15, 0.2) is 52.8 Å². The highest BCUT2D eigenvalue weighted by atomic mass is 16.5. The van der Waals surface area contributed by atoms with Crippen LogP contribution in [0.4, 0.5) is 0 Å². The molecule has 0 N–H and O–H groups in total. The van der Waals surface area contributed by atoms with E-state index in [-0.39, 0.29) is 23.6 Å². The number of ether oxygens (including phenoxy) is 1. The Morgan fingerprint density at radius 2 is 1.84 bits per heavy atom. The largest absolute Gasteiger partial charge is 0.490 e. The lowest BCUT2D eigenvalue weighted by atomic mass is 10.0. The number of amides is 1. The average Bonchev–Trinajstić information content (AvgIpc) is 3.13. The van der Waals surface area contributed by atoms with Gasteiger partial charge in [0.05, 0.1) is 6.33 Å². The van der Waals surface area contributed by atoms with E-state index >= 15 is 0 Å². The molecule has 1 aromatic carbocycles. The second-order valence-corrected chi connectivity index (χ2v) is 8.65. The van der Waals surface area contributed by atoms with E-state index in [0.717, 1.165) is 10.1 Å². The van der Waals surface area contributed by atoms with E-state index in [9.17, 15) is 14.4 Å². The zero-order valence-corrected chi connectivity index (χ0v) is 19.2. The fraction of sp³-hybridized carbons (Fsp3) is 0.391. The lowest BCUT2D eigenvalue weighted by molar-refractivity contribution is -0.137. The zero-order valence-electron chi connectivity index (χ0n) is 19.2. The summed E-state index contributed by atoms with van der Waals surface area (Å²) in [6.07, 6.45) is 3.14. The van der Waals surface area contributed by atoms with Crippen LogP contribution >= 0.6 is 0 Å². The van der Waals surface area contributed by atoms with Crippen molar-refractivity contribution in [1.82, 2.24) is 23.6 Å². The SMILES string of the molecule is C=CCOc1ccc(CN(C(=O)Cn2c(=O)c3c(ncn3C)n(C)c2=O)C(C)(C)C)cc1. The van der Waals surface area contributed by atoms with Crippen LogP contribution in [0.25, 0.3) is 11.2 Å². The lowest BCUT2D eigenvalue weighted by Crippen LogP contribution is -2.50. The predicted octanol–water partition coefficient (Wildman–Crippen LogP) is 1.83. The molecule has 0 aliphatic carbocycles. The molecule has 0 radical (unpaired) electrons. The van der Waals surface area contributed by atoms with Gasteiger partial charge in [-0.2, -0.15) is 0 Å². The minimum Gasteiger partial charge on any atom is -0.490 e. The molecule has 0 aliphatic rings. The minimum atomic E-state index is -0.577. The molecule has 2 heterocycles. The van der Waals surface area contributed by atoms with Crippen LogP contribution in [0.5, 0.6) is 5.75 Å². The van der Waals surface area contributed by atoms with Crippen molar-refractivity contribution in [1.29, 1.82) is 0 Å². The Hall–Kier alpha value is -3.62. The van der Waals surface area contributed by atoms with E-state index in [0.29, 0.717) is 18.9 Å². The van der Waals surface area contributed by atoms with Gasteiger partial charge in [-0.05, 0) is 38.5 Å². The third-order valence-corrected chi connectivity index (χ3v) is 5.24. The molecule has 0 saturated carbocycles. The van der Waals surface area contributed by atoms with Gasteiger partial charge in [0.25, 0.3) is 5.56 Å². The number of aryl methyl sites for hydroxylation is 2. The lowest BCUT2D eigenvalue weighted by Gasteiger charge is -2.36. The maximum atomic E-state index is 13.3. The minimum absolute atomic E-state index is 0.275. The molecule has 32 heavy (non-hydrogen) atoms. The molecule has 9 heteroatoms. The van der Waals surface area contributed by atoms with Crippen LogP contribution in [0.1, 0.15) is 26.3 Å². The van der Waals surface area contributed by atoms with Crippen molar-refractivity contribution in [3.05, 3.63) is 69.6 Å². The Bertz CT molecular complexity index is 1260. The van der Waals surface area contributed by atoms with E-state index in [4.69, 9.17) is 4.74 Å². The zero-order chi connectivity index (χ0) is 23.6. The van der Waals surface area contributed by atoms with Crippen molar-refractivity contribution in [2.75, 3.05) is 6.61 Å². The second-order valence-electron chi connectivity index (χ2n) is 8.65. The summed E-state index contributed by atoms with van der Waals surface area (Å²) in [6.45, 7) is 9.75. The molecule has 0 unspecified atom stereocenters. The van der Waals surface area contributed by atoms with Gasteiger partial charge in [-0.3, -0.25) is 14.2 Å². The van der Waals surface area contributed by atoms with Gasteiger partial charge < -0.3 is 14.2 Å². The monoisotopic (exact) mass is 439 g/mol. The third kappa shape index (κ3) is 4.51. The highest BCUT2D eigenvalue weighted by Crippen LogP contribution is 2.20. The highest BCUT2D eigenvalue weighted by molar-refractivity contribution is 5.77. The van der Waals surface area contributed by atoms with Crippen LogP contribution in [0, 0.1) is 0 Å². The Labute approximate surface area is 186 Å².